The van der Waals surface area contributed by atoms with Crippen molar-refractivity contribution >= 4 is 5.91 Å². The zero-order chi connectivity index (χ0) is 11.3. The number of benzene rings is 1. The van der Waals surface area contributed by atoms with Crippen molar-refractivity contribution in [1.82, 2.24) is 5.06 Å². The van der Waals surface area contributed by atoms with Crippen LogP contribution in [0.15, 0.2) is 18.2 Å². The molecule has 84 valence electrons. The summed E-state index contributed by atoms with van der Waals surface area (Å²) < 4.78 is 0. The number of hydroxylamine groups is 2. The quantitative estimate of drug-likeness (QED) is 0.722. The van der Waals surface area contributed by atoms with Crippen molar-refractivity contribution in [3.05, 3.63) is 34.9 Å². The lowest BCUT2D eigenvalue weighted by molar-refractivity contribution is -0.158. The van der Waals surface area contributed by atoms with Crippen LogP contribution in [0, 0.1) is 0 Å². The molecule has 3 rings (SSSR count). The average Bonchev–Trinajstić information content (AvgIpc) is 2.50. The van der Waals surface area contributed by atoms with Crippen molar-refractivity contribution in [3.63, 3.8) is 0 Å². The van der Waals surface area contributed by atoms with Crippen LogP contribution in [0.25, 0.3) is 0 Å². The second-order valence-electron chi connectivity index (χ2n) is 4.75. The van der Waals surface area contributed by atoms with Gasteiger partial charge in [0.05, 0.1) is 12.6 Å². The lowest BCUT2D eigenvalue weighted by Crippen LogP contribution is -2.42. The van der Waals surface area contributed by atoms with E-state index in [1.165, 1.54) is 11.1 Å². The van der Waals surface area contributed by atoms with Crippen LogP contribution in [0.4, 0.5) is 0 Å². The largest absolute Gasteiger partial charge is 0.278 e. The lowest BCUT2D eigenvalue weighted by Gasteiger charge is -2.37. The molecule has 0 aromatic heterocycles. The summed E-state index contributed by atoms with van der Waals surface area (Å²) in [5.74, 6) is 0.00347. The predicted octanol–water partition coefficient (Wildman–Crippen LogP) is 2.26. The van der Waals surface area contributed by atoms with Gasteiger partial charge in [0.15, 0.2) is 0 Å². The van der Waals surface area contributed by atoms with E-state index in [0.29, 0.717) is 0 Å². The number of nitrogens with zero attached hydrogens (tertiary/aromatic N) is 1. The molecular weight excluding hydrogens is 202 g/mol. The van der Waals surface area contributed by atoms with Crippen LogP contribution >= 0.6 is 0 Å². The van der Waals surface area contributed by atoms with Gasteiger partial charge in [-0.05, 0) is 43.4 Å². The third-order valence-corrected chi connectivity index (χ3v) is 3.84. The lowest BCUT2D eigenvalue weighted by atomic mass is 9.78. The van der Waals surface area contributed by atoms with Crippen molar-refractivity contribution in [2.75, 3.05) is 7.11 Å². The molecule has 0 saturated heterocycles. The molecule has 0 unspecified atom stereocenters. The Balaban J connectivity index is 2.29. The Labute approximate surface area is 95.0 Å². The summed E-state index contributed by atoms with van der Waals surface area (Å²) >= 11 is 0. The van der Waals surface area contributed by atoms with Gasteiger partial charge in [0, 0.05) is 5.56 Å². The van der Waals surface area contributed by atoms with Crippen LogP contribution in [0.5, 0.6) is 0 Å². The number of hydrogen-bond donors (Lipinski definition) is 0. The summed E-state index contributed by atoms with van der Waals surface area (Å²) in [6.45, 7) is 2.10. The first kappa shape index (κ1) is 9.85. The molecule has 1 heterocycles. The van der Waals surface area contributed by atoms with Crippen LogP contribution in [0.2, 0.25) is 0 Å². The molecule has 16 heavy (non-hydrogen) atoms. The van der Waals surface area contributed by atoms with Crippen LogP contribution in [0.1, 0.15) is 41.3 Å². The fourth-order valence-electron chi connectivity index (χ4n) is 3.19. The summed E-state index contributed by atoms with van der Waals surface area (Å²) in [7, 11) is 1.57. The van der Waals surface area contributed by atoms with Crippen LogP contribution in [0.3, 0.4) is 0 Å². The average molecular weight is 217 g/mol. The van der Waals surface area contributed by atoms with Crippen molar-refractivity contribution < 1.29 is 9.63 Å². The van der Waals surface area contributed by atoms with E-state index in [2.05, 4.69) is 13.0 Å². The number of rotatable bonds is 1. The Bertz CT molecular complexity index is 469. The highest BCUT2D eigenvalue weighted by Crippen LogP contribution is 2.47. The van der Waals surface area contributed by atoms with E-state index in [-0.39, 0.29) is 11.4 Å². The Morgan fingerprint density at radius 3 is 3.00 bits per heavy atom. The van der Waals surface area contributed by atoms with Gasteiger partial charge < -0.3 is 0 Å². The molecule has 1 aliphatic heterocycles. The fraction of sp³-hybridized carbons (Fsp3) is 0.462. The maximum atomic E-state index is 12.2. The van der Waals surface area contributed by atoms with E-state index in [4.69, 9.17) is 4.84 Å². The van der Waals surface area contributed by atoms with Crippen molar-refractivity contribution in [2.45, 2.75) is 31.7 Å². The zero-order valence-electron chi connectivity index (χ0n) is 9.62. The molecule has 0 bridgehead atoms. The van der Waals surface area contributed by atoms with E-state index < -0.39 is 0 Å². The molecule has 0 radical (unpaired) electrons. The third kappa shape index (κ3) is 0.990. The molecule has 1 aromatic carbocycles. The molecule has 2 aliphatic rings. The van der Waals surface area contributed by atoms with Gasteiger partial charge in [0.2, 0.25) is 0 Å². The van der Waals surface area contributed by atoms with E-state index in [1.54, 1.807) is 12.2 Å². The number of carbonyl (C=O) groups excluding carboxylic acids is 1. The summed E-state index contributed by atoms with van der Waals surface area (Å²) in [4.78, 5) is 17.5. The Hall–Kier alpha value is -1.35. The van der Waals surface area contributed by atoms with Gasteiger partial charge in [-0.15, -0.1) is 0 Å². The minimum atomic E-state index is -0.254. The number of aryl methyl sites for hydroxylation is 1. The summed E-state index contributed by atoms with van der Waals surface area (Å²) in [5, 5.41) is 1.54. The first-order valence-corrected chi connectivity index (χ1v) is 5.69. The molecular formula is C13H15NO2. The number of carbonyl (C=O) groups is 1. The van der Waals surface area contributed by atoms with Crippen LogP contribution < -0.4 is 0 Å². The smallest absolute Gasteiger partial charge is 0.273 e. The van der Waals surface area contributed by atoms with Gasteiger partial charge in [0.1, 0.15) is 0 Å². The topological polar surface area (TPSA) is 29.5 Å². The molecule has 1 atom stereocenters. The van der Waals surface area contributed by atoms with E-state index in [0.717, 1.165) is 24.8 Å². The van der Waals surface area contributed by atoms with Gasteiger partial charge in [-0.2, -0.15) is 0 Å². The van der Waals surface area contributed by atoms with Crippen LogP contribution in [-0.4, -0.2) is 18.1 Å². The van der Waals surface area contributed by atoms with Gasteiger partial charge in [-0.1, -0.05) is 12.1 Å². The summed E-state index contributed by atoms with van der Waals surface area (Å²) in [6.07, 6.45) is 3.17. The highest BCUT2D eigenvalue weighted by molar-refractivity contribution is 5.99. The first-order valence-electron chi connectivity index (χ1n) is 5.69. The highest BCUT2D eigenvalue weighted by atomic mass is 16.7. The molecule has 0 saturated carbocycles. The third-order valence-electron chi connectivity index (χ3n) is 3.84. The monoisotopic (exact) mass is 217 g/mol. The molecule has 1 aliphatic carbocycles. The second-order valence-corrected chi connectivity index (χ2v) is 4.75. The standard InChI is InChI=1S/C13H15NO2/c1-13-8-4-6-9-5-3-7-10(11(9)13)12(15)14(13)16-2/h3,5,7H,4,6,8H2,1-2H3/t13-/m1/s1. The minimum Gasteiger partial charge on any atom is -0.273 e. The van der Waals surface area contributed by atoms with Gasteiger partial charge in [0.25, 0.3) is 5.91 Å². The Kier molecular flexibility index (Phi) is 1.89. The zero-order valence-corrected chi connectivity index (χ0v) is 9.62. The van der Waals surface area contributed by atoms with Gasteiger partial charge in [-0.3, -0.25) is 9.63 Å². The maximum absolute atomic E-state index is 12.2. The molecule has 3 heteroatoms. The summed E-state index contributed by atoms with van der Waals surface area (Å²) in [5.41, 5.74) is 3.06. The molecule has 0 N–H and O–H groups in total. The Morgan fingerprint density at radius 2 is 2.25 bits per heavy atom. The van der Waals surface area contributed by atoms with Crippen molar-refractivity contribution in [1.29, 1.82) is 0 Å². The van der Waals surface area contributed by atoms with Crippen LogP contribution in [-0.2, 0) is 16.8 Å². The molecule has 0 spiro atoms. The summed E-state index contributed by atoms with van der Waals surface area (Å²) in [6, 6.07) is 6.00. The van der Waals surface area contributed by atoms with E-state index >= 15 is 0 Å². The predicted molar refractivity (Wildman–Crippen MR) is 59.9 cm³/mol. The molecule has 1 aromatic rings. The minimum absolute atomic E-state index is 0.00347. The van der Waals surface area contributed by atoms with Crippen molar-refractivity contribution in [3.8, 4) is 0 Å². The maximum Gasteiger partial charge on any atom is 0.278 e. The number of amides is 1. The Morgan fingerprint density at radius 1 is 1.44 bits per heavy atom. The molecule has 1 amide bonds. The van der Waals surface area contributed by atoms with Gasteiger partial charge in [-0.25, -0.2) is 5.06 Å². The van der Waals surface area contributed by atoms with Gasteiger partial charge >= 0.3 is 0 Å². The van der Waals surface area contributed by atoms with E-state index in [1.807, 2.05) is 12.1 Å². The fourth-order valence-corrected chi connectivity index (χ4v) is 3.19. The molecule has 3 nitrogen and oxygen atoms in total. The van der Waals surface area contributed by atoms with E-state index in [9.17, 15) is 4.79 Å². The van der Waals surface area contributed by atoms with Crippen molar-refractivity contribution in [2.24, 2.45) is 0 Å². The second kappa shape index (κ2) is 3.08. The number of hydrogen-bond acceptors (Lipinski definition) is 2. The molecule has 0 fully saturated rings. The highest BCUT2D eigenvalue weighted by Gasteiger charge is 2.49. The normalized spacial score (nSPS) is 27.1. The first-order chi connectivity index (χ1) is 7.68. The SMILES string of the molecule is CON1C(=O)c2cccc3c2[C@@]1(C)CCC3.